The fraction of sp³-hybridized carbons (Fsp3) is 0.172. The number of H-pyrrole nitrogens is 3. The normalized spacial score (nSPS) is 12.5. The standard InChI is InChI=1S/C29H24Br3N3/c1-29(2,25-15-35-28-8-5-18(32)11-21(25)28)12-22(23-13-33-26-6-3-16(30)9-19(23)26)24-14-34-27-7-4-17(31)10-20(24)27/h3-11,13-15,22,33-35H,12H2,1-2H3. The fourth-order valence-electron chi connectivity index (χ4n) is 5.47. The Morgan fingerprint density at radius 2 is 1.06 bits per heavy atom. The maximum Gasteiger partial charge on any atom is 0.0457 e. The molecule has 0 bridgehead atoms. The minimum atomic E-state index is -0.0884. The number of aromatic nitrogens is 3. The third-order valence-electron chi connectivity index (χ3n) is 7.19. The van der Waals surface area contributed by atoms with Crippen molar-refractivity contribution in [3.05, 3.63) is 103 Å². The molecule has 3 aromatic carbocycles. The van der Waals surface area contributed by atoms with Gasteiger partial charge in [-0.15, -0.1) is 0 Å². The van der Waals surface area contributed by atoms with Gasteiger partial charge in [0.15, 0.2) is 0 Å². The van der Waals surface area contributed by atoms with Gasteiger partial charge in [0.2, 0.25) is 0 Å². The van der Waals surface area contributed by atoms with E-state index < -0.39 is 0 Å². The molecule has 0 amide bonds. The van der Waals surface area contributed by atoms with Crippen molar-refractivity contribution in [1.82, 2.24) is 15.0 Å². The van der Waals surface area contributed by atoms with Gasteiger partial charge in [-0.25, -0.2) is 0 Å². The molecule has 0 aliphatic rings. The van der Waals surface area contributed by atoms with Crippen LogP contribution in [0.25, 0.3) is 32.7 Å². The lowest BCUT2D eigenvalue weighted by Crippen LogP contribution is -2.21. The Hall–Kier alpha value is -2.28. The molecule has 35 heavy (non-hydrogen) atoms. The fourth-order valence-corrected chi connectivity index (χ4v) is 6.55. The molecule has 0 spiro atoms. The highest BCUT2D eigenvalue weighted by atomic mass is 79.9. The molecule has 0 unspecified atom stereocenters. The summed E-state index contributed by atoms with van der Waals surface area (Å²) in [6.45, 7) is 4.72. The molecule has 176 valence electrons. The molecule has 0 saturated heterocycles. The average Bonchev–Trinajstić information content (AvgIpc) is 3.53. The van der Waals surface area contributed by atoms with Gasteiger partial charge < -0.3 is 15.0 Å². The second kappa shape index (κ2) is 8.68. The molecular weight excluding hydrogens is 630 g/mol. The van der Waals surface area contributed by atoms with Crippen LogP contribution in [0.2, 0.25) is 0 Å². The van der Waals surface area contributed by atoms with E-state index in [4.69, 9.17) is 0 Å². The smallest absolute Gasteiger partial charge is 0.0457 e. The quantitative estimate of drug-likeness (QED) is 0.166. The first-order valence-electron chi connectivity index (χ1n) is 11.6. The van der Waals surface area contributed by atoms with Crippen LogP contribution in [-0.2, 0) is 5.41 Å². The lowest BCUT2D eigenvalue weighted by atomic mass is 9.73. The van der Waals surface area contributed by atoms with E-state index in [0.717, 1.165) is 30.9 Å². The highest BCUT2D eigenvalue weighted by Crippen LogP contribution is 2.45. The van der Waals surface area contributed by atoms with E-state index in [1.54, 1.807) is 0 Å². The first-order chi connectivity index (χ1) is 16.8. The largest absolute Gasteiger partial charge is 0.361 e. The van der Waals surface area contributed by atoms with Crippen molar-refractivity contribution in [3.63, 3.8) is 0 Å². The topological polar surface area (TPSA) is 47.4 Å². The summed E-state index contributed by atoms with van der Waals surface area (Å²) in [4.78, 5) is 10.5. The monoisotopic (exact) mass is 651 g/mol. The lowest BCUT2D eigenvalue weighted by molar-refractivity contribution is 0.456. The molecule has 0 aliphatic heterocycles. The van der Waals surface area contributed by atoms with E-state index in [9.17, 15) is 0 Å². The molecule has 0 fully saturated rings. The molecule has 0 radical (unpaired) electrons. The van der Waals surface area contributed by atoms with Crippen LogP contribution >= 0.6 is 47.8 Å². The highest BCUT2D eigenvalue weighted by Gasteiger charge is 2.32. The summed E-state index contributed by atoms with van der Waals surface area (Å²) in [6, 6.07) is 19.4. The van der Waals surface area contributed by atoms with Crippen LogP contribution in [0.15, 0.2) is 86.6 Å². The van der Waals surface area contributed by atoms with Crippen molar-refractivity contribution in [1.29, 1.82) is 0 Å². The molecule has 3 nitrogen and oxygen atoms in total. The number of fused-ring (bicyclic) bond motifs is 3. The number of rotatable bonds is 5. The Morgan fingerprint density at radius 1 is 0.629 bits per heavy atom. The van der Waals surface area contributed by atoms with Gasteiger partial charge in [-0.05, 0) is 83.1 Å². The van der Waals surface area contributed by atoms with Crippen LogP contribution in [0.5, 0.6) is 0 Å². The Labute approximate surface area is 229 Å². The van der Waals surface area contributed by atoms with Crippen LogP contribution in [0.4, 0.5) is 0 Å². The van der Waals surface area contributed by atoms with Gasteiger partial charge in [0.1, 0.15) is 0 Å². The first kappa shape index (κ1) is 23.1. The number of halogens is 3. The molecule has 3 N–H and O–H groups in total. The summed E-state index contributed by atoms with van der Waals surface area (Å²) in [5.74, 6) is 0.188. The Balaban J connectivity index is 1.54. The molecule has 0 atom stereocenters. The maximum absolute atomic E-state index is 3.69. The van der Waals surface area contributed by atoms with E-state index in [-0.39, 0.29) is 11.3 Å². The summed E-state index contributed by atoms with van der Waals surface area (Å²) in [6.07, 6.45) is 7.53. The van der Waals surface area contributed by atoms with E-state index in [2.05, 4.69) is 150 Å². The molecule has 6 heteroatoms. The summed E-state index contributed by atoms with van der Waals surface area (Å²) >= 11 is 11.0. The summed E-state index contributed by atoms with van der Waals surface area (Å²) in [5.41, 5.74) is 7.36. The minimum Gasteiger partial charge on any atom is -0.361 e. The number of aromatic amines is 3. The lowest BCUT2D eigenvalue weighted by Gasteiger charge is -2.30. The summed E-state index contributed by atoms with van der Waals surface area (Å²) in [7, 11) is 0. The minimum absolute atomic E-state index is 0.0884. The van der Waals surface area contributed by atoms with Crippen LogP contribution in [0, 0.1) is 0 Å². The first-order valence-corrected chi connectivity index (χ1v) is 14.0. The third-order valence-corrected chi connectivity index (χ3v) is 8.67. The van der Waals surface area contributed by atoms with E-state index in [1.807, 2.05) is 0 Å². The van der Waals surface area contributed by atoms with Crippen molar-refractivity contribution < 1.29 is 0 Å². The van der Waals surface area contributed by atoms with Gasteiger partial charge in [-0.3, -0.25) is 0 Å². The maximum atomic E-state index is 3.69. The molecule has 0 saturated carbocycles. The number of hydrogen-bond donors (Lipinski definition) is 3. The molecule has 3 aromatic heterocycles. The van der Waals surface area contributed by atoms with Crippen LogP contribution < -0.4 is 0 Å². The van der Waals surface area contributed by atoms with Crippen molar-refractivity contribution in [2.24, 2.45) is 0 Å². The molecule has 6 rings (SSSR count). The van der Waals surface area contributed by atoms with E-state index >= 15 is 0 Å². The second-order valence-electron chi connectivity index (χ2n) is 9.90. The molecule has 0 aliphatic carbocycles. The number of nitrogens with one attached hydrogen (secondary N) is 3. The van der Waals surface area contributed by atoms with Gasteiger partial charge in [-0.2, -0.15) is 0 Å². The van der Waals surface area contributed by atoms with Crippen molar-refractivity contribution in [3.8, 4) is 0 Å². The molecule has 6 aromatic rings. The zero-order valence-electron chi connectivity index (χ0n) is 19.3. The van der Waals surface area contributed by atoms with Gasteiger partial charge >= 0.3 is 0 Å². The van der Waals surface area contributed by atoms with E-state index in [0.29, 0.717) is 0 Å². The second-order valence-corrected chi connectivity index (χ2v) is 12.6. The third kappa shape index (κ3) is 4.09. The SMILES string of the molecule is CC(C)(CC(c1c[nH]c2ccc(Br)cc12)c1c[nH]c2ccc(Br)cc12)c1c[nH]c2ccc(Br)cc12. The summed E-state index contributed by atoms with van der Waals surface area (Å²) in [5, 5.41) is 3.78. The predicted molar refractivity (Wildman–Crippen MR) is 157 cm³/mol. The van der Waals surface area contributed by atoms with Crippen LogP contribution in [0.3, 0.4) is 0 Å². The van der Waals surface area contributed by atoms with Gasteiger partial charge in [0, 0.05) is 70.6 Å². The Morgan fingerprint density at radius 3 is 1.57 bits per heavy atom. The van der Waals surface area contributed by atoms with Crippen molar-refractivity contribution >= 4 is 80.5 Å². The van der Waals surface area contributed by atoms with Crippen molar-refractivity contribution in [2.75, 3.05) is 0 Å². The van der Waals surface area contributed by atoms with Crippen LogP contribution in [-0.4, -0.2) is 15.0 Å². The van der Waals surface area contributed by atoms with E-state index in [1.165, 1.54) is 38.4 Å². The summed E-state index contributed by atoms with van der Waals surface area (Å²) < 4.78 is 3.28. The van der Waals surface area contributed by atoms with Gasteiger partial charge in [0.25, 0.3) is 0 Å². The number of hydrogen-bond acceptors (Lipinski definition) is 0. The molecular formula is C29H24Br3N3. The van der Waals surface area contributed by atoms with Crippen LogP contribution in [0.1, 0.15) is 42.9 Å². The average molecular weight is 654 g/mol. The Bertz CT molecular complexity index is 1620. The van der Waals surface area contributed by atoms with Crippen molar-refractivity contribution in [2.45, 2.75) is 31.6 Å². The van der Waals surface area contributed by atoms with Gasteiger partial charge in [-0.1, -0.05) is 61.6 Å². The zero-order valence-corrected chi connectivity index (χ0v) is 24.1. The zero-order chi connectivity index (χ0) is 24.3. The predicted octanol–water partition coefficient (Wildman–Crippen LogP) is 9.92. The highest BCUT2D eigenvalue weighted by molar-refractivity contribution is 9.11. The Kier molecular flexibility index (Phi) is 5.74. The van der Waals surface area contributed by atoms with Gasteiger partial charge in [0.05, 0.1) is 0 Å². The molecule has 3 heterocycles. The number of benzene rings is 3.